The summed E-state index contributed by atoms with van der Waals surface area (Å²) in [6.07, 6.45) is 4.06. The molecule has 44 heavy (non-hydrogen) atoms. The first-order valence-corrected chi connectivity index (χ1v) is 14.6. The van der Waals surface area contributed by atoms with Crippen molar-refractivity contribution in [2.75, 3.05) is 25.1 Å². The second kappa shape index (κ2) is 15.4. The number of fused-ring (bicyclic) bond motifs is 1. The molecule has 3 aromatic carbocycles. The molecule has 0 saturated heterocycles. The van der Waals surface area contributed by atoms with Crippen LogP contribution in [0.2, 0.25) is 0 Å². The van der Waals surface area contributed by atoms with E-state index >= 15 is 0 Å². The summed E-state index contributed by atoms with van der Waals surface area (Å²) in [5.41, 5.74) is 18.1. The summed E-state index contributed by atoms with van der Waals surface area (Å²) in [4.78, 5) is 42.4. The normalized spacial score (nSPS) is 12.3. The van der Waals surface area contributed by atoms with Gasteiger partial charge in [0.25, 0.3) is 0 Å². The highest BCUT2D eigenvalue weighted by atomic mass is 16.5. The van der Waals surface area contributed by atoms with E-state index in [1.165, 1.54) is 0 Å². The number of nitrogens with one attached hydrogen (secondary N) is 4. The molecule has 11 heteroatoms. The fraction of sp³-hybridized carbons (Fsp3) is 0.303. The van der Waals surface area contributed by atoms with Crippen LogP contribution in [0.25, 0.3) is 10.9 Å². The van der Waals surface area contributed by atoms with Crippen molar-refractivity contribution in [3.8, 4) is 5.75 Å². The molecular formula is C33H40N6O5. The third-order valence-corrected chi connectivity index (χ3v) is 7.70. The van der Waals surface area contributed by atoms with Crippen molar-refractivity contribution >= 4 is 40.0 Å². The van der Waals surface area contributed by atoms with Gasteiger partial charge >= 0.3 is 0 Å². The molecule has 11 nitrogen and oxygen atoms in total. The zero-order valence-corrected chi connectivity index (χ0v) is 24.8. The molecule has 1 aromatic heterocycles. The van der Waals surface area contributed by atoms with Gasteiger partial charge in [-0.15, -0.1) is 0 Å². The second-order valence-electron chi connectivity index (χ2n) is 10.8. The number of hydroxylamine groups is 1. The van der Waals surface area contributed by atoms with Gasteiger partial charge in [0, 0.05) is 42.4 Å². The minimum atomic E-state index is -0.903. The fourth-order valence-corrected chi connectivity index (χ4v) is 5.19. The van der Waals surface area contributed by atoms with Crippen LogP contribution in [0.5, 0.6) is 5.75 Å². The average molecular weight is 601 g/mol. The molecule has 9 N–H and O–H groups in total. The third-order valence-electron chi connectivity index (χ3n) is 7.70. The monoisotopic (exact) mass is 600 g/mol. The number of nitrogens with two attached hydrogens (primary N) is 2. The molecule has 0 spiro atoms. The van der Waals surface area contributed by atoms with Crippen molar-refractivity contribution in [1.29, 1.82) is 0 Å². The Balaban J connectivity index is 1.46. The summed E-state index contributed by atoms with van der Waals surface area (Å²) in [5.74, 6) is -1.46. The van der Waals surface area contributed by atoms with E-state index in [0.717, 1.165) is 33.3 Å². The van der Waals surface area contributed by atoms with Crippen molar-refractivity contribution in [2.24, 2.45) is 5.92 Å². The number of aromatic amines is 1. The molecule has 0 radical (unpaired) electrons. The van der Waals surface area contributed by atoms with Crippen LogP contribution >= 0.6 is 0 Å². The maximum Gasteiger partial charge on any atom is 0.244 e. The lowest BCUT2D eigenvalue weighted by Gasteiger charge is -2.22. The van der Waals surface area contributed by atoms with Gasteiger partial charge in [0.05, 0.1) is 18.5 Å². The van der Waals surface area contributed by atoms with Crippen molar-refractivity contribution < 1.29 is 24.3 Å². The van der Waals surface area contributed by atoms with Crippen LogP contribution < -0.4 is 32.3 Å². The summed E-state index contributed by atoms with van der Waals surface area (Å²) in [5, 5.41) is 15.9. The van der Waals surface area contributed by atoms with Crippen LogP contribution in [-0.2, 0) is 33.6 Å². The lowest BCUT2D eigenvalue weighted by molar-refractivity contribution is -0.136. The molecule has 1 heterocycles. The molecule has 232 valence electrons. The number of ether oxygens (including phenoxy) is 1. The number of hydrogen-bond acceptors (Lipinski definition) is 7. The summed E-state index contributed by atoms with van der Waals surface area (Å²) >= 11 is 0. The van der Waals surface area contributed by atoms with Crippen molar-refractivity contribution in [2.45, 2.75) is 44.6 Å². The van der Waals surface area contributed by atoms with Gasteiger partial charge in [0.1, 0.15) is 11.8 Å². The predicted molar refractivity (Wildman–Crippen MR) is 170 cm³/mol. The SMILES string of the molecule is COc1ccc(CCC[C@H](CC(=O)NO)C(=O)N[C@@H](Cc2c[nH]c3ccccc23)C(=O)NCCc2ccc(N)c(N)c2)cc1. The van der Waals surface area contributed by atoms with Crippen LogP contribution in [-0.4, -0.2) is 47.6 Å². The first-order chi connectivity index (χ1) is 21.3. The molecule has 2 atom stereocenters. The van der Waals surface area contributed by atoms with E-state index in [0.29, 0.717) is 43.6 Å². The number of benzene rings is 3. The first-order valence-electron chi connectivity index (χ1n) is 14.6. The molecule has 0 aliphatic rings. The molecular weight excluding hydrogens is 560 g/mol. The van der Waals surface area contributed by atoms with E-state index in [2.05, 4.69) is 15.6 Å². The van der Waals surface area contributed by atoms with E-state index < -0.39 is 23.8 Å². The van der Waals surface area contributed by atoms with Crippen LogP contribution in [0.1, 0.15) is 36.0 Å². The Hall–Kier alpha value is -5.03. The van der Waals surface area contributed by atoms with Gasteiger partial charge in [0.2, 0.25) is 17.7 Å². The van der Waals surface area contributed by atoms with Gasteiger partial charge in [-0.05, 0) is 72.7 Å². The number of anilines is 2. The highest BCUT2D eigenvalue weighted by Crippen LogP contribution is 2.21. The number of carbonyl (C=O) groups is 3. The first kappa shape index (κ1) is 31.9. The van der Waals surface area contributed by atoms with Crippen LogP contribution in [0.4, 0.5) is 11.4 Å². The Morgan fingerprint density at radius 2 is 1.68 bits per heavy atom. The number of para-hydroxylation sites is 1. The molecule has 3 amide bonds. The van der Waals surface area contributed by atoms with Gasteiger partial charge in [-0.25, -0.2) is 5.48 Å². The summed E-state index contributed by atoms with van der Waals surface area (Å²) in [7, 11) is 1.60. The molecule has 0 saturated carbocycles. The summed E-state index contributed by atoms with van der Waals surface area (Å²) < 4.78 is 5.21. The number of hydrogen-bond donors (Lipinski definition) is 7. The Morgan fingerprint density at radius 3 is 2.41 bits per heavy atom. The molecule has 0 aliphatic heterocycles. The van der Waals surface area contributed by atoms with Crippen LogP contribution in [0, 0.1) is 5.92 Å². The molecule has 0 fully saturated rings. The number of H-pyrrole nitrogens is 1. The van der Waals surface area contributed by atoms with Crippen LogP contribution in [0.15, 0.2) is 72.9 Å². The number of aryl methyl sites for hydroxylation is 1. The number of aromatic nitrogens is 1. The number of nitrogen functional groups attached to an aromatic ring is 2. The van der Waals surface area contributed by atoms with Crippen molar-refractivity contribution in [3.63, 3.8) is 0 Å². The van der Waals surface area contributed by atoms with E-state index in [-0.39, 0.29) is 18.7 Å². The van der Waals surface area contributed by atoms with Gasteiger partial charge in [0.15, 0.2) is 0 Å². The van der Waals surface area contributed by atoms with Gasteiger partial charge in [-0.3, -0.25) is 19.6 Å². The maximum atomic E-state index is 13.6. The Morgan fingerprint density at radius 1 is 0.932 bits per heavy atom. The zero-order chi connectivity index (χ0) is 31.5. The van der Waals surface area contributed by atoms with E-state index in [1.807, 2.05) is 60.8 Å². The van der Waals surface area contributed by atoms with Gasteiger partial charge < -0.3 is 31.8 Å². The zero-order valence-electron chi connectivity index (χ0n) is 24.8. The number of carbonyl (C=O) groups excluding carboxylic acids is 3. The highest BCUT2D eigenvalue weighted by Gasteiger charge is 2.28. The highest BCUT2D eigenvalue weighted by molar-refractivity contribution is 5.91. The summed E-state index contributed by atoms with van der Waals surface area (Å²) in [6, 6.07) is 19.8. The Labute approximate surface area is 256 Å². The van der Waals surface area contributed by atoms with E-state index in [1.54, 1.807) is 24.7 Å². The number of amides is 3. The molecule has 4 aromatic rings. The minimum absolute atomic E-state index is 0.217. The smallest absolute Gasteiger partial charge is 0.244 e. The van der Waals surface area contributed by atoms with Gasteiger partial charge in [-0.2, -0.15) is 0 Å². The lowest BCUT2D eigenvalue weighted by atomic mass is 9.94. The summed E-state index contributed by atoms with van der Waals surface area (Å²) in [6.45, 7) is 0.320. The lowest BCUT2D eigenvalue weighted by Crippen LogP contribution is -2.50. The largest absolute Gasteiger partial charge is 0.497 e. The molecule has 0 bridgehead atoms. The number of methoxy groups -OCH3 is 1. The topological polar surface area (TPSA) is 185 Å². The minimum Gasteiger partial charge on any atom is -0.497 e. The Kier molecular flexibility index (Phi) is 11.2. The maximum absolute atomic E-state index is 13.6. The Bertz CT molecular complexity index is 1570. The number of rotatable bonds is 15. The third kappa shape index (κ3) is 8.74. The van der Waals surface area contributed by atoms with Crippen molar-refractivity contribution in [1.82, 2.24) is 21.1 Å². The quantitative estimate of drug-likeness (QED) is 0.0620. The molecule has 4 rings (SSSR count). The van der Waals surface area contributed by atoms with E-state index in [4.69, 9.17) is 21.4 Å². The standard InChI is InChI=1S/C33H40N6O5/c1-44-25-12-9-21(10-13-25)5-4-6-23(19-31(40)39-43)32(41)38-30(18-24-20-37-29-8-3-2-7-26(24)29)33(42)36-16-15-22-11-14-27(34)28(35)17-22/h2-3,7-14,17,20,23,30,37,43H,4-6,15-16,18-19,34-35H2,1H3,(H,36,42)(H,38,41)(H,39,40)/t23-,30+/m1/s1. The van der Waals surface area contributed by atoms with E-state index in [9.17, 15) is 14.4 Å². The fourth-order valence-electron chi connectivity index (χ4n) is 5.19. The van der Waals surface area contributed by atoms with Crippen LogP contribution in [0.3, 0.4) is 0 Å². The average Bonchev–Trinajstić information content (AvgIpc) is 3.44. The van der Waals surface area contributed by atoms with Crippen molar-refractivity contribution in [3.05, 3.63) is 89.6 Å². The predicted octanol–water partition coefficient (Wildman–Crippen LogP) is 3.26. The van der Waals surface area contributed by atoms with Gasteiger partial charge in [-0.1, -0.05) is 36.4 Å². The molecule has 0 unspecified atom stereocenters. The second-order valence-corrected chi connectivity index (χ2v) is 10.8. The molecule has 0 aliphatic carbocycles.